The van der Waals surface area contributed by atoms with E-state index in [1.807, 2.05) is 0 Å². The molecule has 0 spiro atoms. The van der Waals surface area contributed by atoms with E-state index in [1.54, 1.807) is 0 Å². The fourth-order valence-electron chi connectivity index (χ4n) is 1.15. The van der Waals surface area contributed by atoms with Gasteiger partial charge in [-0.3, -0.25) is 0 Å². The summed E-state index contributed by atoms with van der Waals surface area (Å²) >= 11 is 3.02. The van der Waals surface area contributed by atoms with Gasteiger partial charge in [-0.2, -0.15) is 4.98 Å². The number of aromatic nitrogens is 2. The highest BCUT2D eigenvalue weighted by Gasteiger charge is 2.07. The Kier molecular flexibility index (Phi) is 2.69. The van der Waals surface area contributed by atoms with Crippen LogP contribution in [0.25, 0.3) is 10.9 Å². The molecule has 0 atom stereocenters. The van der Waals surface area contributed by atoms with Gasteiger partial charge < -0.3 is 10.5 Å². The number of amides is 1. The molecule has 0 unspecified atom stereocenters. The van der Waals surface area contributed by atoms with Crippen LogP contribution in [0.15, 0.2) is 22.8 Å². The molecule has 7 heteroatoms. The van der Waals surface area contributed by atoms with Gasteiger partial charge >= 0.3 is 12.1 Å². The van der Waals surface area contributed by atoms with Crippen LogP contribution in [0.4, 0.5) is 9.18 Å². The first-order valence-electron chi connectivity index (χ1n) is 4.15. The minimum atomic E-state index is -1.000. The summed E-state index contributed by atoms with van der Waals surface area (Å²) in [6, 6.07) is 2.56. The highest BCUT2D eigenvalue weighted by Crippen LogP contribution is 2.22. The summed E-state index contributed by atoms with van der Waals surface area (Å²) in [7, 11) is 0. The minimum absolute atomic E-state index is 0.168. The van der Waals surface area contributed by atoms with Crippen LogP contribution in [0.5, 0.6) is 6.01 Å². The van der Waals surface area contributed by atoms with E-state index in [0.29, 0.717) is 10.9 Å². The van der Waals surface area contributed by atoms with Crippen LogP contribution in [-0.4, -0.2) is 16.1 Å². The van der Waals surface area contributed by atoms with E-state index in [1.165, 1.54) is 18.3 Å². The minimum Gasteiger partial charge on any atom is -0.374 e. The molecule has 0 aliphatic heterocycles. The monoisotopic (exact) mass is 285 g/mol. The molecule has 5 nitrogen and oxygen atoms in total. The molecular weight excluding hydrogens is 281 g/mol. The van der Waals surface area contributed by atoms with Crippen LogP contribution in [0, 0.1) is 5.82 Å². The quantitative estimate of drug-likeness (QED) is 0.869. The molecular formula is C9H5BrFN3O2. The lowest BCUT2D eigenvalue weighted by atomic mass is 10.2. The topological polar surface area (TPSA) is 78.1 Å². The highest BCUT2D eigenvalue weighted by atomic mass is 79.9. The van der Waals surface area contributed by atoms with Crippen LogP contribution >= 0.6 is 15.9 Å². The van der Waals surface area contributed by atoms with E-state index in [2.05, 4.69) is 30.6 Å². The molecule has 82 valence electrons. The number of fused-ring (bicyclic) bond motifs is 1. The van der Waals surface area contributed by atoms with Gasteiger partial charge in [0.05, 0.1) is 9.99 Å². The van der Waals surface area contributed by atoms with Crippen LogP contribution in [-0.2, 0) is 0 Å². The van der Waals surface area contributed by atoms with Gasteiger partial charge in [0.2, 0.25) is 0 Å². The van der Waals surface area contributed by atoms with Crippen molar-refractivity contribution in [1.82, 2.24) is 9.97 Å². The molecule has 1 amide bonds. The number of carbonyl (C=O) groups is 1. The summed E-state index contributed by atoms with van der Waals surface area (Å²) in [6.07, 6.45) is 0.344. The molecule has 0 bridgehead atoms. The number of primary amides is 1. The van der Waals surface area contributed by atoms with Crippen molar-refractivity contribution in [3.05, 3.63) is 28.6 Å². The zero-order valence-electron chi connectivity index (χ0n) is 7.78. The normalized spacial score (nSPS) is 10.4. The number of rotatable bonds is 1. The van der Waals surface area contributed by atoms with Gasteiger partial charge in [-0.05, 0) is 28.1 Å². The lowest BCUT2D eigenvalue weighted by Gasteiger charge is -2.02. The lowest BCUT2D eigenvalue weighted by Crippen LogP contribution is -2.17. The number of ether oxygens (including phenoxy) is 1. The van der Waals surface area contributed by atoms with Crippen molar-refractivity contribution in [2.45, 2.75) is 0 Å². The molecule has 0 saturated heterocycles. The van der Waals surface area contributed by atoms with E-state index >= 15 is 0 Å². The van der Waals surface area contributed by atoms with Gasteiger partial charge in [-0.25, -0.2) is 14.2 Å². The number of nitrogens with two attached hydrogens (primary N) is 1. The molecule has 0 saturated carbocycles. The van der Waals surface area contributed by atoms with Crippen LogP contribution in [0.1, 0.15) is 0 Å². The Balaban J connectivity index is 2.53. The summed E-state index contributed by atoms with van der Waals surface area (Å²) in [5.74, 6) is -0.417. The first kappa shape index (κ1) is 10.7. The first-order chi connectivity index (χ1) is 7.56. The van der Waals surface area contributed by atoms with Gasteiger partial charge in [0, 0.05) is 11.6 Å². The summed E-state index contributed by atoms with van der Waals surface area (Å²) in [4.78, 5) is 18.1. The Morgan fingerprint density at radius 3 is 2.94 bits per heavy atom. The third-order valence-corrected chi connectivity index (χ3v) is 2.40. The summed E-state index contributed by atoms with van der Waals surface area (Å²) < 4.78 is 17.9. The molecule has 16 heavy (non-hydrogen) atoms. The smallest absolute Gasteiger partial charge is 0.374 e. The van der Waals surface area contributed by atoms with Gasteiger partial charge in [-0.15, -0.1) is 0 Å². The number of benzene rings is 1. The maximum absolute atomic E-state index is 13.2. The highest BCUT2D eigenvalue weighted by molar-refractivity contribution is 9.10. The average molecular weight is 286 g/mol. The second-order valence-electron chi connectivity index (χ2n) is 2.90. The zero-order valence-corrected chi connectivity index (χ0v) is 9.36. The molecule has 0 fully saturated rings. The standard InChI is InChI=1S/C9H5BrFN3O2/c10-5-2-7-4(1-6(5)11)3-13-9(14-7)16-8(12)15/h1-3H,(H2,12,15). The van der Waals surface area contributed by atoms with Crippen LogP contribution in [0.3, 0.4) is 0 Å². The molecule has 0 radical (unpaired) electrons. The average Bonchev–Trinajstić information content (AvgIpc) is 2.19. The molecule has 1 aromatic carbocycles. The summed E-state index contributed by atoms with van der Waals surface area (Å²) in [6.45, 7) is 0. The number of hydrogen-bond donors (Lipinski definition) is 1. The second kappa shape index (κ2) is 4.01. The Morgan fingerprint density at radius 1 is 1.50 bits per heavy atom. The molecule has 2 N–H and O–H groups in total. The maximum Gasteiger partial charge on any atom is 0.412 e. The maximum atomic E-state index is 13.2. The summed E-state index contributed by atoms with van der Waals surface area (Å²) in [5, 5.41) is 0.498. The Morgan fingerprint density at radius 2 is 2.25 bits per heavy atom. The Hall–Kier alpha value is -1.76. The number of nitrogens with zero attached hydrogens (tertiary/aromatic N) is 2. The molecule has 2 rings (SSSR count). The Bertz CT molecular complexity index is 576. The van der Waals surface area contributed by atoms with E-state index in [0.717, 1.165) is 0 Å². The molecule has 0 aliphatic rings. The van der Waals surface area contributed by atoms with Crippen molar-refractivity contribution in [3.8, 4) is 6.01 Å². The second-order valence-corrected chi connectivity index (χ2v) is 3.75. The lowest BCUT2D eigenvalue weighted by molar-refractivity contribution is 0.207. The van der Waals surface area contributed by atoms with Gasteiger partial charge in [-0.1, -0.05) is 0 Å². The number of halogens is 2. The van der Waals surface area contributed by atoms with E-state index < -0.39 is 11.9 Å². The van der Waals surface area contributed by atoms with Crippen molar-refractivity contribution in [3.63, 3.8) is 0 Å². The third-order valence-electron chi connectivity index (χ3n) is 1.79. The van der Waals surface area contributed by atoms with E-state index in [9.17, 15) is 9.18 Å². The van der Waals surface area contributed by atoms with Gasteiger partial charge in [0.15, 0.2) is 0 Å². The largest absolute Gasteiger partial charge is 0.412 e. The van der Waals surface area contributed by atoms with Gasteiger partial charge in [0.1, 0.15) is 5.82 Å². The molecule has 0 aliphatic carbocycles. The van der Waals surface area contributed by atoms with Gasteiger partial charge in [0.25, 0.3) is 0 Å². The predicted molar refractivity (Wildman–Crippen MR) is 57.4 cm³/mol. The first-order valence-corrected chi connectivity index (χ1v) is 4.94. The fraction of sp³-hybridized carbons (Fsp3) is 0. The predicted octanol–water partition coefficient (Wildman–Crippen LogP) is 1.99. The van der Waals surface area contributed by atoms with Crippen molar-refractivity contribution in [2.24, 2.45) is 5.73 Å². The Labute approximate surface area is 97.6 Å². The van der Waals surface area contributed by atoms with Crippen molar-refractivity contribution in [2.75, 3.05) is 0 Å². The van der Waals surface area contributed by atoms with E-state index in [-0.39, 0.29) is 10.5 Å². The SMILES string of the molecule is NC(=O)Oc1ncc2cc(F)c(Br)cc2n1. The third kappa shape index (κ3) is 2.08. The van der Waals surface area contributed by atoms with Crippen molar-refractivity contribution < 1.29 is 13.9 Å². The molecule has 2 aromatic rings. The fourth-order valence-corrected chi connectivity index (χ4v) is 1.48. The van der Waals surface area contributed by atoms with Crippen molar-refractivity contribution in [1.29, 1.82) is 0 Å². The number of carbonyl (C=O) groups excluding carboxylic acids is 1. The molecule has 1 aromatic heterocycles. The number of hydrogen-bond acceptors (Lipinski definition) is 4. The molecule has 1 heterocycles. The summed E-state index contributed by atoms with van der Waals surface area (Å²) in [5.41, 5.74) is 5.26. The van der Waals surface area contributed by atoms with E-state index in [4.69, 9.17) is 5.73 Å². The van der Waals surface area contributed by atoms with Crippen molar-refractivity contribution >= 4 is 32.9 Å². The zero-order chi connectivity index (χ0) is 11.7. The van der Waals surface area contributed by atoms with Crippen LogP contribution in [0.2, 0.25) is 0 Å². The van der Waals surface area contributed by atoms with Crippen LogP contribution < -0.4 is 10.5 Å².